The zero-order valence-electron chi connectivity index (χ0n) is 6.54. The molecule has 0 heteroatoms. The lowest BCUT2D eigenvalue weighted by Crippen LogP contribution is -1.67. The molecule has 0 radical (unpaired) electrons. The summed E-state index contributed by atoms with van der Waals surface area (Å²) < 4.78 is 7.56. The van der Waals surface area contributed by atoms with Crippen LogP contribution in [0.1, 0.15) is 1.37 Å². The van der Waals surface area contributed by atoms with E-state index in [0.717, 1.165) is 10.8 Å². The summed E-state index contributed by atoms with van der Waals surface area (Å²) in [5.74, 6) is 0. The van der Waals surface area contributed by atoms with E-state index in [9.17, 15) is 0 Å². The average molecular weight is 129 g/mol. The van der Waals surface area contributed by atoms with Crippen LogP contribution in [-0.4, -0.2) is 0 Å². The van der Waals surface area contributed by atoms with Crippen molar-refractivity contribution in [1.29, 1.82) is 0 Å². The molecule has 0 spiro atoms. The molecule has 0 aliphatic carbocycles. The van der Waals surface area contributed by atoms with Crippen LogP contribution in [0, 0.1) is 0 Å². The van der Waals surface area contributed by atoms with Crippen molar-refractivity contribution in [3.8, 4) is 0 Å². The van der Waals surface area contributed by atoms with Gasteiger partial charge in [-0.3, -0.25) is 0 Å². The van der Waals surface area contributed by atoms with Gasteiger partial charge in [-0.1, -0.05) is 48.5 Å². The highest BCUT2D eigenvalue weighted by molar-refractivity contribution is 5.81. The van der Waals surface area contributed by atoms with Gasteiger partial charge in [-0.25, -0.2) is 0 Å². The molecule has 48 valence electrons. The van der Waals surface area contributed by atoms with Crippen LogP contribution < -0.4 is 0 Å². The first-order chi connectivity index (χ1) is 5.38. The Bertz CT molecular complexity index is 374. The first-order valence-electron chi connectivity index (χ1n) is 3.82. The third-order valence-electron chi connectivity index (χ3n) is 1.57. The van der Waals surface area contributed by atoms with Crippen molar-refractivity contribution < 1.29 is 1.37 Å². The van der Waals surface area contributed by atoms with Crippen molar-refractivity contribution >= 4 is 10.8 Å². The van der Waals surface area contributed by atoms with Crippen LogP contribution in [0.25, 0.3) is 10.8 Å². The monoisotopic (exact) mass is 129 g/mol. The lowest BCUT2D eigenvalue weighted by Gasteiger charge is -1.92. The lowest BCUT2D eigenvalue weighted by atomic mass is 10.1. The van der Waals surface area contributed by atoms with Gasteiger partial charge in [0.15, 0.2) is 0 Å². The van der Waals surface area contributed by atoms with E-state index in [1.165, 1.54) is 0 Å². The number of hydrogen-bond donors (Lipinski definition) is 0. The van der Waals surface area contributed by atoms with Gasteiger partial charge in [-0.15, -0.1) is 0 Å². The molecular weight excluding hydrogens is 120 g/mol. The number of fused-ring (bicyclic) bond motifs is 1. The van der Waals surface area contributed by atoms with E-state index in [1.54, 1.807) is 0 Å². The first kappa shape index (κ1) is 4.51. The van der Waals surface area contributed by atoms with Crippen LogP contribution in [0.5, 0.6) is 0 Å². The molecule has 0 aliphatic heterocycles. The van der Waals surface area contributed by atoms with Gasteiger partial charge in [0.25, 0.3) is 0 Å². The lowest BCUT2D eigenvalue weighted by molar-refractivity contribution is 1.75. The summed E-state index contributed by atoms with van der Waals surface area (Å²) in [4.78, 5) is 0. The molecule has 2 rings (SSSR count). The largest absolute Gasteiger partial charge is 0.0629 e. The molecule has 0 nitrogen and oxygen atoms in total. The molecule has 0 bridgehead atoms. The Hall–Kier alpha value is -1.30. The van der Waals surface area contributed by atoms with E-state index in [-0.39, 0.29) is 0 Å². The van der Waals surface area contributed by atoms with Crippen molar-refractivity contribution in [2.75, 3.05) is 0 Å². The fraction of sp³-hybridized carbons (Fsp3) is 0. The third kappa shape index (κ3) is 0.781. The molecule has 0 N–H and O–H groups in total. The van der Waals surface area contributed by atoms with Crippen LogP contribution in [0.3, 0.4) is 0 Å². The Labute approximate surface area is 61.5 Å². The summed E-state index contributed by atoms with van der Waals surface area (Å²) in [5.41, 5.74) is 0. The minimum Gasteiger partial charge on any atom is -0.0616 e. The molecule has 0 atom stereocenters. The molecule has 0 saturated carbocycles. The van der Waals surface area contributed by atoms with Gasteiger partial charge in [-0.2, -0.15) is 0 Å². The highest BCUT2D eigenvalue weighted by Crippen LogP contribution is 2.11. The summed E-state index contributed by atoms with van der Waals surface area (Å²) in [7, 11) is 0. The maximum absolute atomic E-state index is 7.56. The summed E-state index contributed by atoms with van der Waals surface area (Å²) in [6.07, 6.45) is 0. The van der Waals surface area contributed by atoms with Crippen LogP contribution in [-0.2, 0) is 0 Å². The first-order valence-corrected chi connectivity index (χ1v) is 3.32. The molecule has 0 aliphatic rings. The highest BCUT2D eigenvalue weighted by atomic mass is 13.9. The van der Waals surface area contributed by atoms with E-state index in [4.69, 9.17) is 1.37 Å². The molecular formula is C10H8. The summed E-state index contributed by atoms with van der Waals surface area (Å²) in [5, 5.41) is 2.16. The molecule has 0 saturated heterocycles. The van der Waals surface area contributed by atoms with E-state index in [0.29, 0.717) is 6.04 Å². The van der Waals surface area contributed by atoms with E-state index in [1.807, 2.05) is 42.5 Å². The molecule has 2 aromatic rings. The second-order valence-electron chi connectivity index (χ2n) is 2.26. The molecule has 0 amide bonds. The minimum atomic E-state index is 0.600. The maximum Gasteiger partial charge on any atom is 0.0629 e. The predicted molar refractivity (Wildman–Crippen MR) is 43.9 cm³/mol. The predicted octanol–water partition coefficient (Wildman–Crippen LogP) is 2.84. The zero-order chi connectivity index (χ0) is 7.68. The van der Waals surface area contributed by atoms with Crippen LogP contribution >= 0.6 is 0 Å². The minimum absolute atomic E-state index is 0.600. The zero-order valence-corrected chi connectivity index (χ0v) is 5.54. The summed E-state index contributed by atoms with van der Waals surface area (Å²) >= 11 is 0. The number of benzene rings is 2. The normalized spacial score (nSPS) is 11.4. The molecule has 0 fully saturated rings. The van der Waals surface area contributed by atoms with Gasteiger partial charge in [-0.05, 0) is 10.8 Å². The smallest absolute Gasteiger partial charge is 0.0616 e. The van der Waals surface area contributed by atoms with Gasteiger partial charge in [0, 0.05) is 0 Å². The van der Waals surface area contributed by atoms with Gasteiger partial charge in [0.1, 0.15) is 0 Å². The van der Waals surface area contributed by atoms with Crippen LogP contribution in [0.2, 0.25) is 0 Å². The van der Waals surface area contributed by atoms with Gasteiger partial charge in [0.2, 0.25) is 0 Å². The highest BCUT2D eigenvalue weighted by Gasteiger charge is 1.85. The fourth-order valence-electron chi connectivity index (χ4n) is 1.06. The van der Waals surface area contributed by atoms with Crippen LogP contribution in [0.15, 0.2) is 48.5 Å². The second kappa shape index (κ2) is 2.14. The Morgan fingerprint density at radius 3 is 2.10 bits per heavy atom. The standard InChI is InChI=1S/C10H8/c1-2-6-10-8-4-3-7-9(10)5-1/h1-8H/i5D. The Morgan fingerprint density at radius 2 is 1.40 bits per heavy atom. The van der Waals surface area contributed by atoms with Crippen LogP contribution in [0.4, 0.5) is 0 Å². The van der Waals surface area contributed by atoms with E-state index in [2.05, 4.69) is 0 Å². The van der Waals surface area contributed by atoms with Crippen molar-refractivity contribution in [3.05, 3.63) is 48.5 Å². The molecule has 0 aromatic heterocycles. The Balaban J connectivity index is 2.91. The van der Waals surface area contributed by atoms with Gasteiger partial charge in [0.05, 0.1) is 1.37 Å². The molecule has 0 heterocycles. The Morgan fingerprint density at radius 1 is 0.800 bits per heavy atom. The topological polar surface area (TPSA) is 0 Å². The SMILES string of the molecule is [2H]c1cccc2ccccc12. The average Bonchev–Trinajstić information content (AvgIpc) is 2.06. The summed E-state index contributed by atoms with van der Waals surface area (Å²) in [6.45, 7) is 0. The third-order valence-corrected chi connectivity index (χ3v) is 1.57. The fourth-order valence-corrected chi connectivity index (χ4v) is 1.06. The maximum atomic E-state index is 7.56. The molecule has 0 unspecified atom stereocenters. The van der Waals surface area contributed by atoms with E-state index < -0.39 is 0 Å². The van der Waals surface area contributed by atoms with Crippen molar-refractivity contribution in [2.45, 2.75) is 0 Å². The Kier molecular flexibility index (Phi) is 0.966. The van der Waals surface area contributed by atoms with Crippen molar-refractivity contribution in [3.63, 3.8) is 0 Å². The van der Waals surface area contributed by atoms with E-state index >= 15 is 0 Å². The second-order valence-corrected chi connectivity index (χ2v) is 2.26. The van der Waals surface area contributed by atoms with Gasteiger partial charge >= 0.3 is 0 Å². The summed E-state index contributed by atoms with van der Waals surface area (Å²) in [6, 6.07) is 14.3. The van der Waals surface area contributed by atoms with Gasteiger partial charge < -0.3 is 0 Å². The molecule has 2 aromatic carbocycles. The molecule has 10 heavy (non-hydrogen) atoms. The van der Waals surface area contributed by atoms with Crippen molar-refractivity contribution in [1.82, 2.24) is 0 Å². The van der Waals surface area contributed by atoms with Crippen molar-refractivity contribution in [2.24, 2.45) is 0 Å². The quantitative estimate of drug-likeness (QED) is 0.513. The number of rotatable bonds is 0. The number of hydrogen-bond acceptors (Lipinski definition) is 0.